The van der Waals surface area contributed by atoms with Crippen molar-refractivity contribution in [3.05, 3.63) is 0 Å². The summed E-state index contributed by atoms with van der Waals surface area (Å²) in [5.41, 5.74) is 0. The van der Waals surface area contributed by atoms with Crippen molar-refractivity contribution in [2.75, 3.05) is 18.8 Å². The maximum Gasteiger partial charge on any atom is 0.243 e. The van der Waals surface area contributed by atoms with Gasteiger partial charge in [0.15, 0.2) is 0 Å². The van der Waals surface area contributed by atoms with Crippen LogP contribution in [-0.4, -0.2) is 52.5 Å². The van der Waals surface area contributed by atoms with Gasteiger partial charge in [0.05, 0.1) is 4.87 Å². The molecule has 2 fully saturated rings. The summed E-state index contributed by atoms with van der Waals surface area (Å²) in [5, 5.41) is 6.20. The number of fused-ring (bicyclic) bond motifs is 1. The van der Waals surface area contributed by atoms with Gasteiger partial charge in [-0.2, -0.15) is 0 Å². The number of thioether (sulfide) groups is 1. The summed E-state index contributed by atoms with van der Waals surface area (Å²) >= 11 is 1.73. The van der Waals surface area contributed by atoms with Crippen molar-refractivity contribution < 1.29 is 9.59 Å². The molecule has 0 aromatic heterocycles. The zero-order valence-corrected chi connectivity index (χ0v) is 13.9. The fourth-order valence-corrected chi connectivity index (χ4v) is 4.24. The van der Waals surface area contributed by atoms with E-state index in [2.05, 4.69) is 17.6 Å². The Morgan fingerprint density at radius 3 is 2.95 bits per heavy atom. The van der Waals surface area contributed by atoms with E-state index >= 15 is 0 Å². The van der Waals surface area contributed by atoms with Crippen molar-refractivity contribution in [2.45, 2.75) is 50.6 Å². The molecule has 0 saturated carbocycles. The standard InChI is InChI=1S/C13H23N3O2S.ClH/c1-4-14-9(2)7-15-12(18)10-8-19-13(3)6-5-11(17)16(10)13;/h9-10,14H,4-8H2,1-3H3,(H,15,18);1H/t9-,10?,13?;/m1./s1. The molecular weight excluding hydrogens is 298 g/mol. The zero-order chi connectivity index (χ0) is 14.0. The molecule has 2 heterocycles. The number of hydrogen-bond acceptors (Lipinski definition) is 4. The topological polar surface area (TPSA) is 61.4 Å². The van der Waals surface area contributed by atoms with Crippen molar-refractivity contribution in [1.29, 1.82) is 0 Å². The van der Waals surface area contributed by atoms with Crippen LogP contribution >= 0.6 is 24.2 Å². The van der Waals surface area contributed by atoms with Crippen LogP contribution in [0.25, 0.3) is 0 Å². The highest BCUT2D eigenvalue weighted by atomic mass is 35.5. The van der Waals surface area contributed by atoms with Crippen LogP contribution in [0, 0.1) is 0 Å². The first-order valence-corrected chi connectivity index (χ1v) is 7.93. The average molecular weight is 322 g/mol. The first-order valence-electron chi connectivity index (χ1n) is 6.95. The molecule has 2 aliphatic rings. The highest BCUT2D eigenvalue weighted by molar-refractivity contribution is 8.01. The Kier molecular flexibility index (Phi) is 6.16. The minimum atomic E-state index is -0.293. The Bertz CT molecular complexity index is 383. The minimum Gasteiger partial charge on any atom is -0.353 e. The van der Waals surface area contributed by atoms with Crippen LogP contribution in [0.2, 0.25) is 0 Å². The molecule has 2 amide bonds. The molecule has 0 bridgehead atoms. The van der Waals surface area contributed by atoms with Gasteiger partial charge in [0, 0.05) is 24.8 Å². The molecule has 0 radical (unpaired) electrons. The molecule has 2 unspecified atom stereocenters. The minimum absolute atomic E-state index is 0. The normalized spacial score (nSPS) is 29.9. The number of rotatable bonds is 5. The third-order valence-corrected chi connectivity index (χ3v) is 5.39. The summed E-state index contributed by atoms with van der Waals surface area (Å²) in [6.07, 6.45) is 1.43. The zero-order valence-electron chi connectivity index (χ0n) is 12.3. The molecule has 0 aromatic carbocycles. The number of hydrogen-bond donors (Lipinski definition) is 2. The van der Waals surface area contributed by atoms with Crippen LogP contribution in [0.15, 0.2) is 0 Å². The summed E-state index contributed by atoms with van der Waals surface area (Å²) in [5.74, 6) is 0.813. The highest BCUT2D eigenvalue weighted by Gasteiger charge is 2.52. The summed E-state index contributed by atoms with van der Waals surface area (Å²) in [4.78, 5) is 25.8. The third kappa shape index (κ3) is 3.40. The summed E-state index contributed by atoms with van der Waals surface area (Å²) in [6, 6.07) is -0.0394. The second-order valence-electron chi connectivity index (χ2n) is 5.47. The highest BCUT2D eigenvalue weighted by Crippen LogP contribution is 2.47. The molecule has 2 rings (SSSR count). The van der Waals surface area contributed by atoms with Crippen molar-refractivity contribution in [1.82, 2.24) is 15.5 Å². The largest absolute Gasteiger partial charge is 0.353 e. The molecular formula is C13H24ClN3O2S. The SMILES string of the molecule is CCN[C@H](C)CNC(=O)C1CSC2(C)CCC(=O)N12.Cl. The molecule has 0 aromatic rings. The Hall–Kier alpha value is -0.460. The van der Waals surface area contributed by atoms with E-state index in [1.54, 1.807) is 16.7 Å². The Morgan fingerprint density at radius 1 is 1.60 bits per heavy atom. The summed E-state index contributed by atoms with van der Waals surface area (Å²) < 4.78 is 0. The fraction of sp³-hybridized carbons (Fsp3) is 0.846. The van der Waals surface area contributed by atoms with E-state index in [4.69, 9.17) is 0 Å². The molecule has 5 nitrogen and oxygen atoms in total. The number of likely N-dealkylation sites (N-methyl/N-ethyl adjacent to an activating group) is 1. The van der Waals surface area contributed by atoms with Crippen LogP contribution in [0.3, 0.4) is 0 Å². The van der Waals surface area contributed by atoms with Crippen LogP contribution in [-0.2, 0) is 9.59 Å². The first-order chi connectivity index (χ1) is 8.98. The fourth-order valence-electron chi connectivity index (χ4n) is 2.81. The van der Waals surface area contributed by atoms with Gasteiger partial charge < -0.3 is 15.5 Å². The summed E-state index contributed by atoms with van der Waals surface area (Å²) in [7, 11) is 0. The number of halogens is 1. The Balaban J connectivity index is 0.00000200. The number of amides is 2. The summed E-state index contributed by atoms with van der Waals surface area (Å²) in [6.45, 7) is 7.64. The van der Waals surface area contributed by atoms with E-state index in [0.29, 0.717) is 18.7 Å². The van der Waals surface area contributed by atoms with Crippen LogP contribution in [0.5, 0.6) is 0 Å². The van der Waals surface area contributed by atoms with E-state index in [0.717, 1.165) is 13.0 Å². The monoisotopic (exact) mass is 321 g/mol. The van der Waals surface area contributed by atoms with Gasteiger partial charge in [0.1, 0.15) is 6.04 Å². The number of carbonyl (C=O) groups excluding carboxylic acids is 2. The van der Waals surface area contributed by atoms with Gasteiger partial charge in [0.2, 0.25) is 11.8 Å². The third-order valence-electron chi connectivity index (χ3n) is 3.88. The van der Waals surface area contributed by atoms with Gasteiger partial charge >= 0.3 is 0 Å². The molecule has 116 valence electrons. The first kappa shape index (κ1) is 17.6. The van der Waals surface area contributed by atoms with E-state index < -0.39 is 0 Å². The molecule has 7 heteroatoms. The second-order valence-corrected chi connectivity index (χ2v) is 6.97. The number of nitrogens with one attached hydrogen (secondary N) is 2. The average Bonchev–Trinajstić information content (AvgIpc) is 2.85. The van der Waals surface area contributed by atoms with E-state index in [9.17, 15) is 9.59 Å². The molecule has 20 heavy (non-hydrogen) atoms. The predicted octanol–water partition coefficient (Wildman–Crippen LogP) is 0.976. The molecule has 3 atom stereocenters. The lowest BCUT2D eigenvalue weighted by molar-refractivity contribution is -0.137. The lowest BCUT2D eigenvalue weighted by atomic mass is 10.2. The van der Waals surface area contributed by atoms with Crippen molar-refractivity contribution >= 4 is 36.0 Å². The van der Waals surface area contributed by atoms with Gasteiger partial charge in [-0.3, -0.25) is 9.59 Å². The molecule has 0 spiro atoms. The van der Waals surface area contributed by atoms with Crippen molar-refractivity contribution in [3.8, 4) is 0 Å². The Morgan fingerprint density at radius 2 is 2.30 bits per heavy atom. The smallest absolute Gasteiger partial charge is 0.243 e. The van der Waals surface area contributed by atoms with Crippen LogP contribution in [0.4, 0.5) is 0 Å². The maximum atomic E-state index is 12.2. The van der Waals surface area contributed by atoms with Gasteiger partial charge in [-0.15, -0.1) is 24.2 Å². The van der Waals surface area contributed by atoms with E-state index in [-0.39, 0.29) is 41.2 Å². The Labute approximate surface area is 131 Å². The van der Waals surface area contributed by atoms with Gasteiger partial charge in [0.25, 0.3) is 0 Å². The molecule has 0 aliphatic carbocycles. The van der Waals surface area contributed by atoms with Crippen LogP contribution in [0.1, 0.15) is 33.6 Å². The predicted molar refractivity (Wildman–Crippen MR) is 84.1 cm³/mol. The molecule has 2 aliphatic heterocycles. The number of carbonyl (C=O) groups is 2. The maximum absolute atomic E-state index is 12.2. The van der Waals surface area contributed by atoms with Gasteiger partial charge in [-0.25, -0.2) is 0 Å². The van der Waals surface area contributed by atoms with E-state index in [1.165, 1.54) is 0 Å². The van der Waals surface area contributed by atoms with Gasteiger partial charge in [-0.05, 0) is 26.8 Å². The second kappa shape index (κ2) is 7.00. The molecule has 2 N–H and O–H groups in total. The van der Waals surface area contributed by atoms with E-state index in [1.807, 2.05) is 13.8 Å². The lowest BCUT2D eigenvalue weighted by Crippen LogP contribution is -2.51. The lowest BCUT2D eigenvalue weighted by Gasteiger charge is -2.30. The van der Waals surface area contributed by atoms with Crippen molar-refractivity contribution in [2.24, 2.45) is 0 Å². The van der Waals surface area contributed by atoms with Crippen LogP contribution < -0.4 is 10.6 Å². The molecule has 2 saturated heterocycles. The quantitative estimate of drug-likeness (QED) is 0.792. The van der Waals surface area contributed by atoms with Crippen molar-refractivity contribution in [3.63, 3.8) is 0 Å². The number of nitrogens with zero attached hydrogens (tertiary/aromatic N) is 1. The van der Waals surface area contributed by atoms with Gasteiger partial charge in [-0.1, -0.05) is 6.92 Å².